The Morgan fingerprint density at radius 2 is 1.58 bits per heavy atom. The van der Waals surface area contributed by atoms with Crippen molar-refractivity contribution in [1.29, 1.82) is 0 Å². The van der Waals surface area contributed by atoms with Crippen LogP contribution in [0, 0.1) is 5.92 Å². The maximum absolute atomic E-state index is 9.75. The molecule has 0 aliphatic carbocycles. The van der Waals surface area contributed by atoms with E-state index in [1.54, 1.807) is 6.07 Å². The van der Waals surface area contributed by atoms with E-state index < -0.39 is 0 Å². The Bertz CT molecular complexity index is 332. The number of hydrogen-bond donors (Lipinski definition) is 1. The van der Waals surface area contributed by atoms with E-state index in [1.165, 1.54) is 51.4 Å². The molecule has 0 spiro atoms. The van der Waals surface area contributed by atoms with Gasteiger partial charge < -0.3 is 5.11 Å². The van der Waals surface area contributed by atoms with Crippen LogP contribution >= 0.6 is 0 Å². The zero-order chi connectivity index (χ0) is 13.9. The van der Waals surface area contributed by atoms with Crippen LogP contribution < -0.4 is 0 Å². The summed E-state index contributed by atoms with van der Waals surface area (Å²) < 4.78 is 0. The lowest BCUT2D eigenvalue weighted by molar-refractivity contribution is 0.445. The van der Waals surface area contributed by atoms with Crippen LogP contribution in [0.25, 0.3) is 0 Å². The topological polar surface area (TPSA) is 20.2 Å². The number of phenols is 1. The van der Waals surface area contributed by atoms with Gasteiger partial charge in [-0.1, -0.05) is 83.4 Å². The van der Waals surface area contributed by atoms with Gasteiger partial charge in [0, 0.05) is 0 Å². The Balaban J connectivity index is 2.08. The second-order valence-electron chi connectivity index (χ2n) is 5.85. The van der Waals surface area contributed by atoms with E-state index in [0.29, 0.717) is 11.7 Å². The highest BCUT2D eigenvalue weighted by atomic mass is 16.3. The van der Waals surface area contributed by atoms with Gasteiger partial charge in [-0.15, -0.1) is 0 Å². The Morgan fingerprint density at radius 1 is 0.947 bits per heavy atom. The molecule has 0 saturated carbocycles. The molecule has 0 saturated heterocycles. The first-order valence-corrected chi connectivity index (χ1v) is 8.01. The molecule has 1 aromatic carbocycles. The Morgan fingerprint density at radius 3 is 2.26 bits per heavy atom. The summed E-state index contributed by atoms with van der Waals surface area (Å²) in [6, 6.07) is 7.72. The van der Waals surface area contributed by atoms with Crippen molar-refractivity contribution in [1.82, 2.24) is 0 Å². The van der Waals surface area contributed by atoms with Crippen molar-refractivity contribution < 1.29 is 5.11 Å². The number of rotatable bonds is 10. The van der Waals surface area contributed by atoms with Gasteiger partial charge in [-0.3, -0.25) is 0 Å². The number of unbranched alkanes of at least 4 members (excludes halogenated alkanes) is 6. The van der Waals surface area contributed by atoms with E-state index in [0.717, 1.165) is 12.0 Å². The van der Waals surface area contributed by atoms with Crippen LogP contribution in [-0.4, -0.2) is 5.11 Å². The number of benzene rings is 1. The minimum absolute atomic E-state index is 0.453. The fourth-order valence-electron chi connectivity index (χ4n) is 2.61. The third-order valence-electron chi connectivity index (χ3n) is 3.86. The average Bonchev–Trinajstić information content (AvgIpc) is 2.40. The minimum Gasteiger partial charge on any atom is -0.508 e. The molecule has 1 nitrogen and oxygen atoms in total. The summed E-state index contributed by atoms with van der Waals surface area (Å²) in [7, 11) is 0. The molecular formula is C18H30O. The van der Waals surface area contributed by atoms with Gasteiger partial charge in [-0.05, 0) is 24.0 Å². The van der Waals surface area contributed by atoms with Crippen molar-refractivity contribution in [3.05, 3.63) is 29.8 Å². The molecule has 1 rings (SSSR count). The van der Waals surface area contributed by atoms with Gasteiger partial charge in [0.25, 0.3) is 0 Å². The molecule has 0 amide bonds. The van der Waals surface area contributed by atoms with Gasteiger partial charge in [0.05, 0.1) is 0 Å². The molecule has 0 bridgehead atoms. The van der Waals surface area contributed by atoms with Crippen molar-refractivity contribution in [2.75, 3.05) is 0 Å². The first kappa shape index (κ1) is 16.1. The van der Waals surface area contributed by atoms with Crippen molar-refractivity contribution in [2.45, 2.75) is 71.6 Å². The molecular weight excluding hydrogens is 232 g/mol. The summed E-state index contributed by atoms with van der Waals surface area (Å²) in [5.74, 6) is 1.12. The van der Waals surface area contributed by atoms with Crippen LogP contribution in [0.2, 0.25) is 0 Å². The molecule has 0 fully saturated rings. The lowest BCUT2D eigenvalue weighted by Crippen LogP contribution is -2.00. The zero-order valence-electron chi connectivity index (χ0n) is 12.7. The molecule has 0 aromatic heterocycles. The Hall–Kier alpha value is -0.980. The normalized spacial score (nSPS) is 12.5. The number of phenolic OH excluding ortho intramolecular Hbond substituents is 1. The first-order chi connectivity index (χ1) is 9.24. The number of para-hydroxylation sites is 1. The summed E-state index contributed by atoms with van der Waals surface area (Å²) in [6.45, 7) is 4.56. The third kappa shape index (κ3) is 7.25. The van der Waals surface area contributed by atoms with Gasteiger partial charge in [0.2, 0.25) is 0 Å². The van der Waals surface area contributed by atoms with Gasteiger partial charge in [0.1, 0.15) is 5.75 Å². The number of aromatic hydroxyl groups is 1. The van der Waals surface area contributed by atoms with E-state index >= 15 is 0 Å². The standard InChI is InChI=1S/C18H30O/c1-3-4-5-6-7-8-9-12-16(2)15-17-13-10-11-14-18(17)19/h10-11,13-14,16,19H,3-9,12,15H2,1-2H3. The van der Waals surface area contributed by atoms with Crippen LogP contribution in [0.5, 0.6) is 5.75 Å². The van der Waals surface area contributed by atoms with Crippen LogP contribution in [-0.2, 0) is 6.42 Å². The predicted molar refractivity (Wildman–Crippen MR) is 83.6 cm³/mol. The van der Waals surface area contributed by atoms with Crippen molar-refractivity contribution in [3.63, 3.8) is 0 Å². The molecule has 0 aliphatic rings. The summed E-state index contributed by atoms with van der Waals surface area (Å²) in [5, 5.41) is 9.75. The molecule has 0 heterocycles. The zero-order valence-corrected chi connectivity index (χ0v) is 12.7. The largest absolute Gasteiger partial charge is 0.508 e. The summed E-state index contributed by atoms with van der Waals surface area (Å²) in [6.07, 6.45) is 11.9. The minimum atomic E-state index is 0.453. The molecule has 0 aliphatic heterocycles. The Labute approximate surface area is 119 Å². The van der Waals surface area contributed by atoms with E-state index in [4.69, 9.17) is 0 Å². The maximum atomic E-state index is 9.75. The van der Waals surface area contributed by atoms with Gasteiger partial charge in [0.15, 0.2) is 0 Å². The Kier molecular flexibility index (Phi) is 8.36. The lowest BCUT2D eigenvalue weighted by atomic mass is 9.94. The smallest absolute Gasteiger partial charge is 0.118 e. The monoisotopic (exact) mass is 262 g/mol. The molecule has 1 heteroatoms. The SMILES string of the molecule is CCCCCCCCCC(C)Cc1ccccc1O. The highest BCUT2D eigenvalue weighted by Gasteiger charge is 2.06. The molecule has 1 unspecified atom stereocenters. The third-order valence-corrected chi connectivity index (χ3v) is 3.86. The van der Waals surface area contributed by atoms with Gasteiger partial charge >= 0.3 is 0 Å². The highest BCUT2D eigenvalue weighted by Crippen LogP contribution is 2.22. The second kappa shape index (κ2) is 9.89. The molecule has 1 atom stereocenters. The quantitative estimate of drug-likeness (QED) is 0.535. The van der Waals surface area contributed by atoms with Crippen LogP contribution in [0.4, 0.5) is 0 Å². The highest BCUT2D eigenvalue weighted by molar-refractivity contribution is 5.31. The fraction of sp³-hybridized carbons (Fsp3) is 0.667. The van der Waals surface area contributed by atoms with E-state index in [2.05, 4.69) is 13.8 Å². The van der Waals surface area contributed by atoms with Crippen molar-refractivity contribution in [3.8, 4) is 5.75 Å². The van der Waals surface area contributed by atoms with Crippen LogP contribution in [0.1, 0.15) is 70.8 Å². The predicted octanol–water partition coefficient (Wildman–Crippen LogP) is 5.71. The van der Waals surface area contributed by atoms with E-state index in [-0.39, 0.29) is 0 Å². The fourth-order valence-corrected chi connectivity index (χ4v) is 2.61. The maximum Gasteiger partial charge on any atom is 0.118 e. The van der Waals surface area contributed by atoms with Crippen LogP contribution in [0.15, 0.2) is 24.3 Å². The molecule has 19 heavy (non-hydrogen) atoms. The van der Waals surface area contributed by atoms with Gasteiger partial charge in [-0.2, -0.15) is 0 Å². The first-order valence-electron chi connectivity index (χ1n) is 8.01. The van der Waals surface area contributed by atoms with Crippen molar-refractivity contribution in [2.24, 2.45) is 5.92 Å². The second-order valence-corrected chi connectivity index (χ2v) is 5.85. The number of hydrogen-bond acceptors (Lipinski definition) is 1. The van der Waals surface area contributed by atoms with Gasteiger partial charge in [-0.25, -0.2) is 0 Å². The molecule has 0 radical (unpaired) electrons. The van der Waals surface area contributed by atoms with E-state index in [1.807, 2.05) is 18.2 Å². The summed E-state index contributed by atoms with van der Waals surface area (Å²) in [5.41, 5.74) is 1.10. The molecule has 1 N–H and O–H groups in total. The van der Waals surface area contributed by atoms with Crippen molar-refractivity contribution >= 4 is 0 Å². The lowest BCUT2D eigenvalue weighted by Gasteiger charge is -2.12. The summed E-state index contributed by atoms with van der Waals surface area (Å²) in [4.78, 5) is 0. The molecule has 1 aromatic rings. The van der Waals surface area contributed by atoms with E-state index in [9.17, 15) is 5.11 Å². The molecule has 108 valence electrons. The average molecular weight is 262 g/mol. The van der Waals surface area contributed by atoms with Crippen LogP contribution in [0.3, 0.4) is 0 Å². The summed E-state index contributed by atoms with van der Waals surface area (Å²) >= 11 is 0.